The molecule has 4 N–H and O–H groups in total. The van der Waals surface area contributed by atoms with Gasteiger partial charge >= 0.3 is 0 Å². The molecular formula is C14H13FN4O3. The summed E-state index contributed by atoms with van der Waals surface area (Å²) in [5.74, 6) is -2.58. The maximum Gasteiger partial charge on any atom is 0.286 e. The lowest BCUT2D eigenvalue weighted by Gasteiger charge is -2.08. The SMILES string of the molecule is O=C(CNC(=O)c1ccccc1F)NNC(=O)c1ccc[nH]1. The number of benzene rings is 1. The summed E-state index contributed by atoms with van der Waals surface area (Å²) in [4.78, 5) is 37.3. The van der Waals surface area contributed by atoms with E-state index in [9.17, 15) is 18.8 Å². The first-order valence-electron chi connectivity index (χ1n) is 6.33. The van der Waals surface area contributed by atoms with E-state index in [0.717, 1.165) is 6.07 Å². The number of carbonyl (C=O) groups excluding carboxylic acids is 3. The first-order chi connectivity index (χ1) is 10.6. The van der Waals surface area contributed by atoms with E-state index in [2.05, 4.69) is 21.2 Å². The Hall–Kier alpha value is -3.16. The molecule has 114 valence electrons. The minimum atomic E-state index is -0.719. The van der Waals surface area contributed by atoms with Crippen LogP contribution in [0.3, 0.4) is 0 Å². The number of nitrogens with one attached hydrogen (secondary N) is 4. The summed E-state index contributed by atoms with van der Waals surface area (Å²) in [7, 11) is 0. The van der Waals surface area contributed by atoms with Gasteiger partial charge in [-0.2, -0.15) is 0 Å². The predicted molar refractivity (Wildman–Crippen MR) is 75.1 cm³/mol. The summed E-state index contributed by atoms with van der Waals surface area (Å²) < 4.78 is 13.4. The number of amides is 3. The van der Waals surface area contributed by atoms with E-state index in [4.69, 9.17) is 0 Å². The van der Waals surface area contributed by atoms with Gasteiger partial charge in [-0.25, -0.2) is 4.39 Å². The molecule has 0 unspecified atom stereocenters. The van der Waals surface area contributed by atoms with Crippen molar-refractivity contribution in [2.75, 3.05) is 6.54 Å². The highest BCUT2D eigenvalue weighted by molar-refractivity contribution is 5.97. The van der Waals surface area contributed by atoms with Crippen molar-refractivity contribution in [3.05, 3.63) is 59.7 Å². The normalized spacial score (nSPS) is 9.86. The van der Waals surface area contributed by atoms with Gasteiger partial charge in [-0.15, -0.1) is 0 Å². The molecule has 2 rings (SSSR count). The quantitative estimate of drug-likeness (QED) is 0.613. The molecule has 0 radical (unpaired) electrons. The Kier molecular flexibility index (Phi) is 4.86. The van der Waals surface area contributed by atoms with Crippen molar-refractivity contribution >= 4 is 17.7 Å². The number of aromatic nitrogens is 1. The Labute approximate surface area is 124 Å². The van der Waals surface area contributed by atoms with Crippen LogP contribution < -0.4 is 16.2 Å². The van der Waals surface area contributed by atoms with Crippen LogP contribution in [0.25, 0.3) is 0 Å². The molecule has 0 atom stereocenters. The van der Waals surface area contributed by atoms with Crippen LogP contribution in [0.5, 0.6) is 0 Å². The summed E-state index contributed by atoms with van der Waals surface area (Å²) in [6, 6.07) is 8.57. The van der Waals surface area contributed by atoms with Gasteiger partial charge in [0.2, 0.25) is 0 Å². The van der Waals surface area contributed by atoms with Crippen LogP contribution >= 0.6 is 0 Å². The van der Waals surface area contributed by atoms with Crippen molar-refractivity contribution in [2.45, 2.75) is 0 Å². The highest BCUT2D eigenvalue weighted by Crippen LogP contribution is 2.05. The Bertz CT molecular complexity index is 685. The third kappa shape index (κ3) is 3.92. The zero-order chi connectivity index (χ0) is 15.9. The van der Waals surface area contributed by atoms with Gasteiger partial charge in [-0.3, -0.25) is 25.2 Å². The molecule has 0 fully saturated rings. The van der Waals surface area contributed by atoms with Gasteiger partial charge < -0.3 is 10.3 Å². The van der Waals surface area contributed by atoms with Gasteiger partial charge in [-0.05, 0) is 24.3 Å². The smallest absolute Gasteiger partial charge is 0.286 e. The molecule has 0 saturated heterocycles. The van der Waals surface area contributed by atoms with Crippen LogP contribution in [0.4, 0.5) is 4.39 Å². The van der Waals surface area contributed by atoms with Crippen LogP contribution in [0, 0.1) is 5.82 Å². The lowest BCUT2D eigenvalue weighted by molar-refractivity contribution is -0.120. The molecule has 22 heavy (non-hydrogen) atoms. The monoisotopic (exact) mass is 304 g/mol. The first kappa shape index (κ1) is 15.2. The van der Waals surface area contributed by atoms with E-state index in [0.29, 0.717) is 0 Å². The highest BCUT2D eigenvalue weighted by atomic mass is 19.1. The van der Waals surface area contributed by atoms with Crippen LogP contribution in [-0.4, -0.2) is 29.3 Å². The summed E-state index contributed by atoms with van der Waals surface area (Å²) in [6.45, 7) is -0.405. The third-order valence-corrected chi connectivity index (χ3v) is 2.69. The van der Waals surface area contributed by atoms with Crippen molar-refractivity contribution in [1.29, 1.82) is 0 Å². The molecule has 0 aliphatic heterocycles. The number of halogens is 1. The Balaban J connectivity index is 1.77. The molecular weight excluding hydrogens is 291 g/mol. The molecule has 7 nitrogen and oxygen atoms in total. The zero-order valence-electron chi connectivity index (χ0n) is 11.4. The van der Waals surface area contributed by atoms with Gasteiger partial charge in [0, 0.05) is 6.20 Å². The highest BCUT2D eigenvalue weighted by Gasteiger charge is 2.12. The van der Waals surface area contributed by atoms with Gasteiger partial charge in [0.1, 0.15) is 11.5 Å². The van der Waals surface area contributed by atoms with Crippen LogP contribution in [0.2, 0.25) is 0 Å². The summed E-state index contributed by atoms with van der Waals surface area (Å²) >= 11 is 0. The largest absolute Gasteiger partial charge is 0.357 e. The molecule has 0 aliphatic rings. The summed E-state index contributed by atoms with van der Waals surface area (Å²) in [5.41, 5.74) is 4.40. The minimum Gasteiger partial charge on any atom is -0.357 e. The number of hydrogen-bond acceptors (Lipinski definition) is 3. The molecule has 0 spiro atoms. The van der Waals surface area contributed by atoms with Crippen LogP contribution in [-0.2, 0) is 4.79 Å². The molecule has 0 bridgehead atoms. The number of aromatic amines is 1. The average molecular weight is 304 g/mol. The van der Waals surface area contributed by atoms with Gasteiger partial charge in [0.25, 0.3) is 17.7 Å². The van der Waals surface area contributed by atoms with E-state index in [1.54, 1.807) is 12.3 Å². The third-order valence-electron chi connectivity index (χ3n) is 2.69. The molecule has 0 aliphatic carbocycles. The van der Waals surface area contributed by atoms with Crippen molar-refractivity contribution in [1.82, 2.24) is 21.2 Å². The van der Waals surface area contributed by atoms with Gasteiger partial charge in [-0.1, -0.05) is 12.1 Å². The fourth-order valence-corrected chi connectivity index (χ4v) is 1.61. The first-order valence-corrected chi connectivity index (χ1v) is 6.33. The molecule has 3 amide bonds. The number of hydrogen-bond donors (Lipinski definition) is 4. The van der Waals surface area contributed by atoms with Gasteiger partial charge in [0.15, 0.2) is 0 Å². The number of H-pyrrole nitrogens is 1. The fourth-order valence-electron chi connectivity index (χ4n) is 1.61. The van der Waals surface area contributed by atoms with E-state index >= 15 is 0 Å². The maximum absolute atomic E-state index is 13.4. The fraction of sp³-hybridized carbons (Fsp3) is 0.0714. The zero-order valence-corrected chi connectivity index (χ0v) is 11.4. The lowest BCUT2D eigenvalue weighted by Crippen LogP contribution is -2.46. The van der Waals surface area contributed by atoms with Gasteiger partial charge in [0.05, 0.1) is 12.1 Å². The topological polar surface area (TPSA) is 103 Å². The van der Waals surface area contributed by atoms with E-state index in [-0.39, 0.29) is 11.3 Å². The molecule has 1 heterocycles. The maximum atomic E-state index is 13.4. The molecule has 1 aromatic heterocycles. The van der Waals surface area contributed by atoms with E-state index in [1.807, 2.05) is 0 Å². The van der Waals surface area contributed by atoms with Crippen molar-refractivity contribution in [2.24, 2.45) is 0 Å². The number of hydrazine groups is 1. The number of rotatable bonds is 4. The van der Waals surface area contributed by atoms with Crippen LogP contribution in [0.15, 0.2) is 42.6 Å². The molecule has 1 aromatic carbocycles. The second-order valence-electron chi connectivity index (χ2n) is 4.25. The Morgan fingerprint density at radius 3 is 2.45 bits per heavy atom. The second-order valence-corrected chi connectivity index (χ2v) is 4.25. The molecule has 0 saturated carbocycles. The van der Waals surface area contributed by atoms with Crippen molar-refractivity contribution < 1.29 is 18.8 Å². The number of carbonyl (C=O) groups is 3. The standard InChI is InChI=1S/C14H13FN4O3/c15-10-5-2-1-4-9(10)13(21)17-8-12(20)18-19-14(22)11-6-3-7-16-11/h1-7,16H,8H2,(H,17,21)(H,18,20)(H,19,22). The van der Waals surface area contributed by atoms with Crippen LogP contribution in [0.1, 0.15) is 20.8 Å². The molecule has 8 heteroatoms. The van der Waals surface area contributed by atoms with Crippen molar-refractivity contribution in [3.63, 3.8) is 0 Å². The summed E-state index contributed by atoms with van der Waals surface area (Å²) in [5, 5.41) is 2.25. The lowest BCUT2D eigenvalue weighted by atomic mass is 10.2. The van der Waals surface area contributed by atoms with E-state index < -0.39 is 30.1 Å². The minimum absolute atomic E-state index is 0.161. The average Bonchev–Trinajstić information content (AvgIpc) is 3.05. The summed E-state index contributed by atoms with van der Waals surface area (Å²) in [6.07, 6.45) is 1.56. The van der Waals surface area contributed by atoms with Crippen molar-refractivity contribution in [3.8, 4) is 0 Å². The second kappa shape index (κ2) is 7.02. The Morgan fingerprint density at radius 1 is 1.00 bits per heavy atom. The predicted octanol–water partition coefficient (Wildman–Crippen LogP) is 0.345. The Morgan fingerprint density at radius 2 is 1.77 bits per heavy atom. The molecule has 2 aromatic rings. The van der Waals surface area contributed by atoms with E-state index in [1.165, 1.54) is 24.3 Å².